The number of hydrogen-bond donors (Lipinski definition) is 1. The first-order chi connectivity index (χ1) is 17.2. The molecule has 3 heterocycles. The molecule has 0 spiro atoms. The lowest BCUT2D eigenvalue weighted by atomic mass is 10.0. The molecule has 4 amide bonds. The molecule has 3 fully saturated rings. The highest BCUT2D eigenvalue weighted by molar-refractivity contribution is 6.01. The van der Waals surface area contributed by atoms with Gasteiger partial charge in [0.2, 0.25) is 23.6 Å². The molecule has 3 aliphatic heterocycles. The highest BCUT2D eigenvalue weighted by Gasteiger charge is 2.41. The Morgan fingerprint density at radius 1 is 0.833 bits per heavy atom. The van der Waals surface area contributed by atoms with Crippen molar-refractivity contribution in [3.63, 3.8) is 0 Å². The average Bonchev–Trinajstić information content (AvgIpc) is 2.83. The van der Waals surface area contributed by atoms with Gasteiger partial charge in [-0.3, -0.25) is 33.9 Å². The van der Waals surface area contributed by atoms with Crippen LogP contribution in [-0.4, -0.2) is 88.4 Å². The predicted octanol–water partition coefficient (Wildman–Crippen LogP) is 2.10. The summed E-state index contributed by atoms with van der Waals surface area (Å²) < 4.78 is 5.93. The van der Waals surface area contributed by atoms with E-state index in [0.29, 0.717) is 52.0 Å². The first-order valence-electron chi connectivity index (χ1n) is 12.9. The number of benzene rings is 1. The van der Waals surface area contributed by atoms with Gasteiger partial charge in [0.05, 0.1) is 11.8 Å². The third-order valence-corrected chi connectivity index (χ3v) is 6.96. The fourth-order valence-corrected chi connectivity index (χ4v) is 5.20. The molecule has 10 nitrogen and oxygen atoms in total. The van der Waals surface area contributed by atoms with Gasteiger partial charge in [0, 0.05) is 70.9 Å². The highest BCUT2D eigenvalue weighted by Crippen LogP contribution is 2.33. The van der Waals surface area contributed by atoms with Crippen LogP contribution in [0, 0.1) is 0 Å². The largest absolute Gasteiger partial charge is 0.508 e. The smallest absolute Gasteiger partial charge is 0.230 e. The van der Waals surface area contributed by atoms with Crippen molar-refractivity contribution >= 4 is 29.3 Å². The minimum Gasteiger partial charge on any atom is -0.508 e. The number of amides is 4. The van der Waals surface area contributed by atoms with Crippen LogP contribution in [0.1, 0.15) is 58.8 Å². The first kappa shape index (κ1) is 25.9. The van der Waals surface area contributed by atoms with Crippen LogP contribution in [0.15, 0.2) is 18.2 Å². The minimum absolute atomic E-state index is 0.00642. The van der Waals surface area contributed by atoms with Gasteiger partial charge in [-0.2, -0.15) is 0 Å². The van der Waals surface area contributed by atoms with Crippen LogP contribution in [0.4, 0.5) is 5.69 Å². The zero-order valence-electron chi connectivity index (χ0n) is 21.1. The summed E-state index contributed by atoms with van der Waals surface area (Å²) >= 11 is 0. The van der Waals surface area contributed by atoms with Crippen LogP contribution in [0.2, 0.25) is 0 Å². The van der Waals surface area contributed by atoms with Crippen molar-refractivity contribution in [1.82, 2.24) is 14.7 Å². The van der Waals surface area contributed by atoms with Gasteiger partial charge in [-0.1, -0.05) is 0 Å². The quantitative estimate of drug-likeness (QED) is 0.541. The summed E-state index contributed by atoms with van der Waals surface area (Å²) in [6.45, 7) is 7.29. The third kappa shape index (κ3) is 5.80. The van der Waals surface area contributed by atoms with Crippen molar-refractivity contribution in [2.24, 2.45) is 0 Å². The number of anilines is 1. The van der Waals surface area contributed by atoms with Crippen LogP contribution in [0.5, 0.6) is 11.5 Å². The van der Waals surface area contributed by atoms with Gasteiger partial charge in [0.25, 0.3) is 0 Å². The summed E-state index contributed by atoms with van der Waals surface area (Å²) in [6.07, 6.45) is 1.49. The number of phenolic OH excluding ortho intramolecular Hbond substituents is 1. The topological polar surface area (TPSA) is 111 Å². The molecule has 3 aliphatic rings. The lowest BCUT2D eigenvalue weighted by Gasteiger charge is -2.42. The summed E-state index contributed by atoms with van der Waals surface area (Å²) in [5.41, 5.74) is 0.843. The van der Waals surface area contributed by atoms with E-state index in [9.17, 15) is 24.3 Å². The van der Waals surface area contributed by atoms with Crippen molar-refractivity contribution < 1.29 is 29.0 Å². The number of nitrogens with zero attached hydrogens (tertiary/aromatic N) is 4. The Hall–Kier alpha value is -3.14. The molecule has 0 saturated carbocycles. The van der Waals surface area contributed by atoms with Gasteiger partial charge in [0.15, 0.2) is 0 Å². The van der Waals surface area contributed by atoms with Crippen LogP contribution in [-0.2, 0) is 19.2 Å². The van der Waals surface area contributed by atoms with Gasteiger partial charge < -0.3 is 14.7 Å². The number of carbonyl (C=O) groups excluding carboxylic acids is 4. The molecule has 1 aromatic carbocycles. The lowest BCUT2D eigenvalue weighted by Crippen LogP contribution is -2.60. The number of likely N-dealkylation sites (tertiary alicyclic amines) is 2. The van der Waals surface area contributed by atoms with E-state index in [4.69, 9.17) is 4.74 Å². The Balaban J connectivity index is 1.43. The fourth-order valence-electron chi connectivity index (χ4n) is 5.20. The lowest BCUT2D eigenvalue weighted by molar-refractivity contribution is -0.165. The molecule has 0 aromatic heterocycles. The molecular formula is C26H36N4O6. The van der Waals surface area contributed by atoms with Crippen molar-refractivity contribution in [1.29, 1.82) is 0 Å². The summed E-state index contributed by atoms with van der Waals surface area (Å²) in [5.74, 6) is -0.344. The van der Waals surface area contributed by atoms with Crippen LogP contribution < -0.4 is 9.64 Å². The molecule has 3 saturated heterocycles. The normalized spacial score (nSPS) is 20.2. The Labute approximate surface area is 211 Å². The Morgan fingerprint density at radius 2 is 1.36 bits per heavy atom. The molecule has 36 heavy (non-hydrogen) atoms. The zero-order chi connectivity index (χ0) is 25.8. The van der Waals surface area contributed by atoms with Crippen molar-refractivity contribution in [3.05, 3.63) is 18.2 Å². The van der Waals surface area contributed by atoms with Crippen molar-refractivity contribution in [2.75, 3.05) is 37.6 Å². The van der Waals surface area contributed by atoms with E-state index in [1.54, 1.807) is 18.2 Å². The SMILES string of the molecule is CC(C)Oc1ccc(O)cc1N1CCN(CCC(N2C(=O)CCCC2=O)N2C(=O)CCCC2=O)CC1. The number of piperidine rings is 2. The van der Waals surface area contributed by atoms with Crippen LogP contribution in [0.25, 0.3) is 0 Å². The van der Waals surface area contributed by atoms with Gasteiger partial charge in [0.1, 0.15) is 17.7 Å². The van der Waals surface area contributed by atoms with Gasteiger partial charge in [-0.05, 0) is 38.8 Å². The third-order valence-electron chi connectivity index (χ3n) is 6.96. The van der Waals surface area contributed by atoms with Crippen molar-refractivity contribution in [3.8, 4) is 11.5 Å². The maximum Gasteiger partial charge on any atom is 0.230 e. The molecule has 196 valence electrons. The van der Waals surface area contributed by atoms with Crippen LogP contribution >= 0.6 is 0 Å². The Kier molecular flexibility index (Phi) is 8.13. The van der Waals surface area contributed by atoms with E-state index in [2.05, 4.69) is 9.80 Å². The van der Waals surface area contributed by atoms with E-state index >= 15 is 0 Å². The highest BCUT2D eigenvalue weighted by atomic mass is 16.5. The second-order valence-electron chi connectivity index (χ2n) is 9.94. The number of rotatable bonds is 8. The molecular weight excluding hydrogens is 464 g/mol. The van der Waals surface area contributed by atoms with E-state index in [1.807, 2.05) is 13.8 Å². The summed E-state index contributed by atoms with van der Waals surface area (Å²) in [5, 5.41) is 10.0. The summed E-state index contributed by atoms with van der Waals surface area (Å²) in [6, 6.07) is 5.11. The zero-order valence-corrected chi connectivity index (χ0v) is 21.1. The number of carbonyl (C=O) groups is 4. The molecule has 0 radical (unpaired) electrons. The molecule has 4 rings (SSSR count). The van der Waals surface area contributed by atoms with Crippen molar-refractivity contribution in [2.45, 2.75) is 71.1 Å². The van der Waals surface area contributed by atoms with E-state index < -0.39 is 6.17 Å². The van der Waals surface area contributed by atoms with Gasteiger partial charge in [-0.25, -0.2) is 0 Å². The Morgan fingerprint density at radius 3 is 1.86 bits per heavy atom. The second-order valence-corrected chi connectivity index (χ2v) is 9.94. The second kappa shape index (κ2) is 11.3. The molecule has 0 atom stereocenters. The maximum atomic E-state index is 12.7. The van der Waals surface area contributed by atoms with E-state index in [1.165, 1.54) is 9.80 Å². The fraction of sp³-hybridized carbons (Fsp3) is 0.615. The number of phenols is 1. The van der Waals surface area contributed by atoms with Gasteiger partial charge >= 0.3 is 0 Å². The molecule has 0 unspecified atom stereocenters. The predicted molar refractivity (Wildman–Crippen MR) is 132 cm³/mol. The maximum absolute atomic E-state index is 12.7. The standard InChI is InChI=1S/C26H36N4O6/c1-18(2)36-21-10-9-19(31)17-20(21)28-15-13-27(14-16-28)12-11-22(29-23(32)5-3-6-24(29)33)30-25(34)7-4-8-26(30)35/h9-10,17-18,22,31H,3-8,11-16H2,1-2H3. The minimum atomic E-state index is -0.860. The number of piperazine rings is 1. The van der Waals surface area contributed by atoms with Gasteiger partial charge in [-0.15, -0.1) is 0 Å². The first-order valence-corrected chi connectivity index (χ1v) is 12.9. The number of ether oxygens (including phenoxy) is 1. The number of imide groups is 2. The molecule has 0 bridgehead atoms. The molecule has 0 aliphatic carbocycles. The Bertz CT molecular complexity index is 934. The molecule has 1 N–H and O–H groups in total. The molecule has 1 aromatic rings. The number of aromatic hydroxyl groups is 1. The number of hydrogen-bond acceptors (Lipinski definition) is 8. The summed E-state index contributed by atoms with van der Waals surface area (Å²) in [7, 11) is 0. The average molecular weight is 501 g/mol. The van der Waals surface area contributed by atoms with E-state index in [-0.39, 0.29) is 61.2 Å². The van der Waals surface area contributed by atoms with Crippen LogP contribution in [0.3, 0.4) is 0 Å². The van der Waals surface area contributed by atoms with E-state index in [0.717, 1.165) is 11.4 Å². The summed E-state index contributed by atoms with van der Waals surface area (Å²) in [4.78, 5) is 57.5. The monoisotopic (exact) mass is 500 g/mol. The molecule has 10 heteroatoms.